The lowest BCUT2D eigenvalue weighted by Gasteiger charge is -2.30. The van der Waals surface area contributed by atoms with Crippen LogP contribution >= 0.6 is 12.4 Å². The van der Waals surface area contributed by atoms with Gasteiger partial charge < -0.3 is 10.6 Å². The molecule has 0 spiro atoms. The van der Waals surface area contributed by atoms with Crippen LogP contribution in [-0.4, -0.2) is 25.0 Å². The number of nitrogens with one attached hydrogen (secondary N) is 2. The zero-order chi connectivity index (χ0) is 18.0. The first kappa shape index (κ1) is 20.3. The molecule has 140 valence electrons. The van der Waals surface area contributed by atoms with Gasteiger partial charge >= 0.3 is 0 Å². The number of amides is 1. The van der Waals surface area contributed by atoms with E-state index in [0.717, 1.165) is 31.6 Å². The predicted molar refractivity (Wildman–Crippen MR) is 96.9 cm³/mol. The second kappa shape index (κ2) is 8.56. The van der Waals surface area contributed by atoms with Crippen LogP contribution in [0.25, 0.3) is 11.1 Å². The summed E-state index contributed by atoms with van der Waals surface area (Å²) in [5.41, 5.74) is 1.19. The van der Waals surface area contributed by atoms with E-state index in [0.29, 0.717) is 17.0 Å². The molecule has 2 N–H and O–H groups in total. The number of piperidine rings is 1. The van der Waals surface area contributed by atoms with Gasteiger partial charge in [-0.15, -0.1) is 12.4 Å². The standard InChI is InChI=1S/C19H19F3N2O.ClH/c1-11-10-23-7-6-17(11)24-19(25)13-4-2-12(3-5-13)14-8-15(20)18(22)16(21)9-14;/h2-5,8-9,11,17,23H,6-7,10H2,1H3,(H,24,25);1H. The molecular formula is C19H20ClF3N2O. The van der Waals surface area contributed by atoms with E-state index in [1.807, 2.05) is 0 Å². The summed E-state index contributed by atoms with van der Waals surface area (Å²) in [6.45, 7) is 3.82. The van der Waals surface area contributed by atoms with Gasteiger partial charge in [-0.2, -0.15) is 0 Å². The van der Waals surface area contributed by atoms with Crippen LogP contribution in [-0.2, 0) is 0 Å². The number of hydrogen-bond donors (Lipinski definition) is 2. The quantitative estimate of drug-likeness (QED) is 0.787. The molecule has 26 heavy (non-hydrogen) atoms. The summed E-state index contributed by atoms with van der Waals surface area (Å²) in [6.07, 6.45) is 0.874. The highest BCUT2D eigenvalue weighted by molar-refractivity contribution is 5.94. The fourth-order valence-electron chi connectivity index (χ4n) is 3.02. The molecule has 2 unspecified atom stereocenters. The summed E-state index contributed by atoms with van der Waals surface area (Å²) in [7, 11) is 0. The van der Waals surface area contributed by atoms with Crippen LogP contribution in [0.4, 0.5) is 13.2 Å². The minimum atomic E-state index is -1.49. The van der Waals surface area contributed by atoms with Crippen molar-refractivity contribution < 1.29 is 18.0 Å². The zero-order valence-corrected chi connectivity index (χ0v) is 15.0. The summed E-state index contributed by atoms with van der Waals surface area (Å²) in [6, 6.07) is 8.35. The highest BCUT2D eigenvalue weighted by Gasteiger charge is 2.23. The van der Waals surface area contributed by atoms with E-state index >= 15 is 0 Å². The van der Waals surface area contributed by atoms with Crippen LogP contribution in [0.1, 0.15) is 23.7 Å². The van der Waals surface area contributed by atoms with E-state index in [1.165, 1.54) is 0 Å². The lowest BCUT2D eigenvalue weighted by molar-refractivity contribution is 0.0914. The van der Waals surface area contributed by atoms with Gasteiger partial charge in [0.15, 0.2) is 17.5 Å². The molecule has 1 amide bonds. The highest BCUT2D eigenvalue weighted by Crippen LogP contribution is 2.24. The molecule has 2 aromatic carbocycles. The van der Waals surface area contributed by atoms with Crippen molar-refractivity contribution in [2.45, 2.75) is 19.4 Å². The molecule has 2 atom stereocenters. The van der Waals surface area contributed by atoms with Crippen LogP contribution in [0.3, 0.4) is 0 Å². The molecule has 1 aliphatic heterocycles. The molecule has 0 radical (unpaired) electrons. The third kappa shape index (κ3) is 4.37. The van der Waals surface area contributed by atoms with E-state index in [2.05, 4.69) is 17.6 Å². The van der Waals surface area contributed by atoms with Crippen molar-refractivity contribution in [3.05, 3.63) is 59.4 Å². The summed E-state index contributed by atoms with van der Waals surface area (Å²) in [4.78, 5) is 12.4. The van der Waals surface area contributed by atoms with E-state index < -0.39 is 17.5 Å². The van der Waals surface area contributed by atoms with Gasteiger partial charge in [0.2, 0.25) is 0 Å². The Labute approximate surface area is 156 Å². The fourth-order valence-corrected chi connectivity index (χ4v) is 3.02. The van der Waals surface area contributed by atoms with Gasteiger partial charge in [-0.3, -0.25) is 4.79 Å². The molecule has 1 heterocycles. The summed E-state index contributed by atoms with van der Waals surface area (Å²) >= 11 is 0. The van der Waals surface area contributed by atoms with Crippen LogP contribution in [0, 0.1) is 23.4 Å². The van der Waals surface area contributed by atoms with E-state index in [-0.39, 0.29) is 29.9 Å². The Kier molecular flexibility index (Phi) is 6.67. The number of carbonyl (C=O) groups is 1. The molecule has 0 aliphatic carbocycles. The van der Waals surface area contributed by atoms with Gasteiger partial charge in [-0.1, -0.05) is 19.1 Å². The van der Waals surface area contributed by atoms with Crippen molar-refractivity contribution in [2.24, 2.45) is 5.92 Å². The maximum Gasteiger partial charge on any atom is 0.251 e. The van der Waals surface area contributed by atoms with Gasteiger partial charge in [0, 0.05) is 11.6 Å². The lowest BCUT2D eigenvalue weighted by atomic mass is 9.95. The Hall–Kier alpha value is -2.05. The summed E-state index contributed by atoms with van der Waals surface area (Å²) < 4.78 is 39.7. The normalized spacial score (nSPS) is 19.5. The predicted octanol–water partition coefficient (Wildman–Crippen LogP) is 3.92. The Bertz CT molecular complexity index is 760. The molecule has 0 bridgehead atoms. The van der Waals surface area contributed by atoms with Crippen LogP contribution in [0.5, 0.6) is 0 Å². The molecular weight excluding hydrogens is 365 g/mol. The SMILES string of the molecule is CC1CNCCC1NC(=O)c1ccc(-c2cc(F)c(F)c(F)c2)cc1.Cl. The van der Waals surface area contributed by atoms with Gasteiger partial charge in [0.1, 0.15) is 0 Å². The van der Waals surface area contributed by atoms with Gasteiger partial charge in [-0.05, 0) is 60.8 Å². The topological polar surface area (TPSA) is 41.1 Å². The van der Waals surface area contributed by atoms with Crippen molar-refractivity contribution in [3.63, 3.8) is 0 Å². The van der Waals surface area contributed by atoms with Gasteiger partial charge in [0.05, 0.1) is 0 Å². The van der Waals surface area contributed by atoms with E-state index in [4.69, 9.17) is 0 Å². The first-order chi connectivity index (χ1) is 12.0. The zero-order valence-electron chi connectivity index (χ0n) is 14.2. The third-order valence-electron chi connectivity index (χ3n) is 4.57. The summed E-state index contributed by atoms with van der Waals surface area (Å²) in [5, 5.41) is 6.30. The first-order valence-electron chi connectivity index (χ1n) is 8.22. The van der Waals surface area contributed by atoms with Crippen LogP contribution in [0.15, 0.2) is 36.4 Å². The molecule has 3 rings (SSSR count). The van der Waals surface area contributed by atoms with Crippen molar-refractivity contribution in [2.75, 3.05) is 13.1 Å². The number of halogens is 4. The Morgan fingerprint density at radius 3 is 2.27 bits per heavy atom. The lowest BCUT2D eigenvalue weighted by Crippen LogP contribution is -2.48. The molecule has 7 heteroatoms. The molecule has 1 saturated heterocycles. The number of benzene rings is 2. The van der Waals surface area contributed by atoms with Crippen molar-refractivity contribution in [1.82, 2.24) is 10.6 Å². The Morgan fingerprint density at radius 2 is 1.69 bits per heavy atom. The first-order valence-corrected chi connectivity index (χ1v) is 8.22. The van der Waals surface area contributed by atoms with Gasteiger partial charge in [-0.25, -0.2) is 13.2 Å². The van der Waals surface area contributed by atoms with Gasteiger partial charge in [0.25, 0.3) is 5.91 Å². The van der Waals surface area contributed by atoms with E-state index in [9.17, 15) is 18.0 Å². The van der Waals surface area contributed by atoms with E-state index in [1.54, 1.807) is 24.3 Å². The second-order valence-electron chi connectivity index (χ2n) is 6.38. The van der Waals surface area contributed by atoms with Crippen molar-refractivity contribution >= 4 is 18.3 Å². The van der Waals surface area contributed by atoms with Crippen LogP contribution < -0.4 is 10.6 Å². The highest BCUT2D eigenvalue weighted by atomic mass is 35.5. The molecule has 1 fully saturated rings. The second-order valence-corrected chi connectivity index (χ2v) is 6.38. The van der Waals surface area contributed by atoms with Crippen molar-refractivity contribution in [3.8, 4) is 11.1 Å². The smallest absolute Gasteiger partial charge is 0.251 e. The maximum absolute atomic E-state index is 13.3. The minimum absolute atomic E-state index is 0. The fraction of sp³-hybridized carbons (Fsp3) is 0.316. The molecule has 1 aliphatic rings. The average molecular weight is 385 g/mol. The Morgan fingerprint density at radius 1 is 1.08 bits per heavy atom. The number of rotatable bonds is 3. The molecule has 2 aromatic rings. The molecule has 0 saturated carbocycles. The minimum Gasteiger partial charge on any atom is -0.349 e. The largest absolute Gasteiger partial charge is 0.349 e. The maximum atomic E-state index is 13.3. The number of hydrogen-bond acceptors (Lipinski definition) is 2. The third-order valence-corrected chi connectivity index (χ3v) is 4.57. The number of carbonyl (C=O) groups excluding carboxylic acids is 1. The average Bonchev–Trinajstić information content (AvgIpc) is 2.61. The molecule has 3 nitrogen and oxygen atoms in total. The Balaban J connectivity index is 0.00000243. The van der Waals surface area contributed by atoms with Crippen LogP contribution in [0.2, 0.25) is 0 Å². The van der Waals surface area contributed by atoms with Crippen molar-refractivity contribution in [1.29, 1.82) is 0 Å². The summed E-state index contributed by atoms with van der Waals surface area (Å²) in [5.74, 6) is -3.80. The monoisotopic (exact) mass is 384 g/mol. The molecule has 0 aromatic heterocycles.